The van der Waals surface area contributed by atoms with Crippen LogP contribution in [0.1, 0.15) is 0 Å². The van der Waals surface area contributed by atoms with Gasteiger partial charge in [-0.25, -0.2) is 31.0 Å². The van der Waals surface area contributed by atoms with Crippen molar-refractivity contribution in [2.75, 3.05) is 51.2 Å². The number of sulfonamides is 1. The van der Waals surface area contributed by atoms with Crippen molar-refractivity contribution < 1.29 is 26.0 Å². The molecule has 7 nitrogen and oxygen atoms in total. The van der Waals surface area contributed by atoms with Crippen molar-refractivity contribution in [1.82, 2.24) is 19.2 Å². The molecule has 0 aliphatic carbocycles. The summed E-state index contributed by atoms with van der Waals surface area (Å²) in [4.78, 5) is 11.8. The van der Waals surface area contributed by atoms with Crippen LogP contribution in [0.25, 0.3) is 11.3 Å². The molecule has 0 amide bonds. The third kappa shape index (κ3) is 5.44. The Balaban J connectivity index is 1.38. The molecule has 0 spiro atoms. The molecule has 1 aliphatic rings. The molecule has 1 saturated heterocycles. The molecule has 2 aromatic carbocycles. The van der Waals surface area contributed by atoms with Gasteiger partial charge in [-0.05, 0) is 24.3 Å². The highest BCUT2D eigenvalue weighted by atomic mass is 32.2. The molecule has 0 N–H and O–H groups in total. The summed E-state index contributed by atoms with van der Waals surface area (Å²) in [6.07, 6.45) is 3.16. The van der Waals surface area contributed by atoms with Crippen molar-refractivity contribution in [3.8, 4) is 11.3 Å². The van der Waals surface area contributed by atoms with E-state index in [4.69, 9.17) is 0 Å². The van der Waals surface area contributed by atoms with E-state index in [2.05, 4.69) is 9.97 Å². The van der Waals surface area contributed by atoms with Gasteiger partial charge in [-0.15, -0.1) is 0 Å². The van der Waals surface area contributed by atoms with Gasteiger partial charge >= 0.3 is 0 Å². The lowest BCUT2D eigenvalue weighted by Crippen LogP contribution is -2.49. The summed E-state index contributed by atoms with van der Waals surface area (Å²) < 4.78 is 80.6. The Bertz CT molecular complexity index is 1280. The van der Waals surface area contributed by atoms with Crippen LogP contribution in [0.4, 0.5) is 23.4 Å². The SMILES string of the molecule is CN(CCN1CCN(c2nccnc2-c2ccc(F)cc2)CC1)S(=O)(=O)c1c(F)cc(F)cc1F. The molecule has 4 rings (SSSR count). The maximum Gasteiger partial charge on any atom is 0.248 e. The van der Waals surface area contributed by atoms with E-state index in [0.29, 0.717) is 56.4 Å². The zero-order valence-electron chi connectivity index (χ0n) is 18.8. The largest absolute Gasteiger partial charge is 0.352 e. The lowest BCUT2D eigenvalue weighted by atomic mass is 10.1. The van der Waals surface area contributed by atoms with Crippen LogP contribution in [0.3, 0.4) is 0 Å². The fraction of sp³-hybridized carbons (Fsp3) is 0.304. The van der Waals surface area contributed by atoms with Crippen LogP contribution in [0.2, 0.25) is 0 Å². The number of nitrogens with zero attached hydrogens (tertiary/aromatic N) is 5. The maximum atomic E-state index is 14.0. The Morgan fingerprint density at radius 3 is 2.11 bits per heavy atom. The van der Waals surface area contributed by atoms with Crippen molar-refractivity contribution in [3.63, 3.8) is 0 Å². The van der Waals surface area contributed by atoms with Gasteiger partial charge < -0.3 is 4.90 Å². The number of hydrogen-bond donors (Lipinski definition) is 0. The molecule has 1 fully saturated rings. The fourth-order valence-corrected chi connectivity index (χ4v) is 5.13. The lowest BCUT2D eigenvalue weighted by Gasteiger charge is -2.36. The van der Waals surface area contributed by atoms with Crippen molar-refractivity contribution in [3.05, 3.63) is 72.1 Å². The third-order valence-electron chi connectivity index (χ3n) is 5.83. The first-order chi connectivity index (χ1) is 16.7. The second-order valence-corrected chi connectivity index (χ2v) is 10.1. The summed E-state index contributed by atoms with van der Waals surface area (Å²) in [5, 5.41) is 0. The van der Waals surface area contributed by atoms with Crippen molar-refractivity contribution in [2.45, 2.75) is 4.90 Å². The van der Waals surface area contributed by atoms with Crippen LogP contribution in [0.15, 0.2) is 53.7 Å². The molecule has 0 atom stereocenters. The number of benzene rings is 2. The standard InChI is InChI=1S/C23H23F4N5O2S/c1-30(35(33,34)22-19(26)14-18(25)15-20(22)27)8-9-31-10-12-32(13-11-31)23-21(28-6-7-29-23)16-2-4-17(24)5-3-16/h2-7,14-15H,8-13H2,1H3. The zero-order chi connectivity index (χ0) is 25.2. The van der Waals surface area contributed by atoms with Crippen LogP contribution in [-0.2, 0) is 10.0 Å². The molecular weight excluding hydrogens is 486 g/mol. The average Bonchev–Trinajstić information content (AvgIpc) is 2.82. The van der Waals surface area contributed by atoms with Gasteiger partial charge in [0.25, 0.3) is 0 Å². The summed E-state index contributed by atoms with van der Waals surface area (Å²) in [5.41, 5.74) is 1.37. The highest BCUT2D eigenvalue weighted by molar-refractivity contribution is 7.89. The number of anilines is 1. The van der Waals surface area contributed by atoms with Gasteiger partial charge in [0.05, 0.1) is 0 Å². The molecule has 1 aromatic heterocycles. The first-order valence-corrected chi connectivity index (χ1v) is 12.3. The van der Waals surface area contributed by atoms with E-state index in [9.17, 15) is 26.0 Å². The quantitative estimate of drug-likeness (QED) is 0.456. The van der Waals surface area contributed by atoms with E-state index in [0.717, 1.165) is 9.87 Å². The highest BCUT2D eigenvalue weighted by Crippen LogP contribution is 2.28. The summed E-state index contributed by atoms with van der Waals surface area (Å²) in [5.74, 6) is -3.80. The van der Waals surface area contributed by atoms with Crippen molar-refractivity contribution in [1.29, 1.82) is 0 Å². The zero-order valence-corrected chi connectivity index (χ0v) is 19.7. The van der Waals surface area contributed by atoms with Crippen LogP contribution < -0.4 is 4.90 Å². The molecule has 186 valence electrons. The third-order valence-corrected chi connectivity index (χ3v) is 7.74. The molecule has 12 heteroatoms. The van der Waals surface area contributed by atoms with Gasteiger partial charge in [0, 0.05) is 76.4 Å². The Morgan fingerprint density at radius 1 is 0.886 bits per heavy atom. The van der Waals surface area contributed by atoms with E-state index in [-0.39, 0.29) is 12.4 Å². The van der Waals surface area contributed by atoms with Gasteiger partial charge in [-0.3, -0.25) is 9.88 Å². The minimum atomic E-state index is -4.48. The molecule has 2 heterocycles. The normalized spacial score (nSPS) is 15.1. The van der Waals surface area contributed by atoms with Gasteiger partial charge in [0.15, 0.2) is 10.7 Å². The maximum absolute atomic E-state index is 14.0. The second kappa shape index (κ2) is 10.3. The first-order valence-electron chi connectivity index (χ1n) is 10.8. The monoisotopic (exact) mass is 509 g/mol. The molecule has 0 saturated carbocycles. The minimum absolute atomic E-state index is 0.00936. The Kier molecular flexibility index (Phi) is 7.33. The van der Waals surface area contributed by atoms with E-state index in [1.54, 1.807) is 24.5 Å². The van der Waals surface area contributed by atoms with E-state index >= 15 is 0 Å². The molecule has 0 unspecified atom stereocenters. The predicted octanol–water partition coefficient (Wildman–Crippen LogP) is 3.14. The van der Waals surface area contributed by atoms with Crippen molar-refractivity contribution >= 4 is 15.8 Å². The Morgan fingerprint density at radius 2 is 1.49 bits per heavy atom. The van der Waals surface area contributed by atoms with Gasteiger partial charge in [-0.1, -0.05) is 0 Å². The predicted molar refractivity (Wildman–Crippen MR) is 122 cm³/mol. The van der Waals surface area contributed by atoms with Crippen LogP contribution in [0.5, 0.6) is 0 Å². The summed E-state index contributed by atoms with van der Waals surface area (Å²) in [6, 6.07) is 6.69. The number of halogens is 4. The smallest absolute Gasteiger partial charge is 0.248 e. The van der Waals surface area contributed by atoms with Gasteiger partial charge in [0.2, 0.25) is 10.0 Å². The van der Waals surface area contributed by atoms with Gasteiger partial charge in [-0.2, -0.15) is 4.31 Å². The number of hydrogen-bond acceptors (Lipinski definition) is 6. The van der Waals surface area contributed by atoms with Gasteiger partial charge in [0.1, 0.15) is 29.0 Å². The van der Waals surface area contributed by atoms with E-state index < -0.39 is 32.4 Å². The lowest BCUT2D eigenvalue weighted by molar-refractivity contribution is 0.243. The van der Waals surface area contributed by atoms with E-state index in [1.807, 2.05) is 9.80 Å². The van der Waals surface area contributed by atoms with Crippen molar-refractivity contribution in [2.24, 2.45) is 0 Å². The molecule has 1 aliphatic heterocycles. The Hall–Kier alpha value is -3.09. The first kappa shape index (κ1) is 25.0. The summed E-state index contributed by atoms with van der Waals surface area (Å²) in [6.45, 7) is 2.68. The molecule has 3 aromatic rings. The molecule has 0 radical (unpaired) electrons. The van der Waals surface area contributed by atoms with E-state index in [1.165, 1.54) is 19.2 Å². The minimum Gasteiger partial charge on any atom is -0.352 e. The number of piperazine rings is 1. The number of aromatic nitrogens is 2. The van der Waals surface area contributed by atoms with Crippen LogP contribution in [0, 0.1) is 23.3 Å². The molecule has 0 bridgehead atoms. The second-order valence-electron chi connectivity index (χ2n) is 8.09. The van der Waals surface area contributed by atoms with Crippen LogP contribution >= 0.6 is 0 Å². The highest BCUT2D eigenvalue weighted by Gasteiger charge is 2.30. The summed E-state index contributed by atoms with van der Waals surface area (Å²) >= 11 is 0. The number of likely N-dealkylation sites (N-methyl/N-ethyl adjacent to an activating group) is 1. The number of rotatable bonds is 7. The Labute approximate surface area is 200 Å². The average molecular weight is 510 g/mol. The molecule has 35 heavy (non-hydrogen) atoms. The molecular formula is C23H23F4N5O2S. The summed E-state index contributed by atoms with van der Waals surface area (Å²) in [7, 11) is -3.25. The fourth-order valence-electron chi connectivity index (χ4n) is 3.89. The topological polar surface area (TPSA) is 69.6 Å². The van der Waals surface area contributed by atoms with Crippen LogP contribution in [-0.4, -0.2) is 73.9 Å².